The molecule has 0 radical (unpaired) electrons. The molecule has 0 saturated carbocycles. The molecule has 0 bridgehead atoms. The lowest BCUT2D eigenvalue weighted by Gasteiger charge is -2.15. The van der Waals surface area contributed by atoms with E-state index in [-0.39, 0.29) is 11.8 Å². The minimum Gasteiger partial charge on any atom is -0.409 e. The number of benzene rings is 1. The summed E-state index contributed by atoms with van der Waals surface area (Å²) in [6.45, 7) is 0. The molecule has 0 amide bonds. The third-order valence-electron chi connectivity index (χ3n) is 2.77. The number of nitrogens with two attached hydrogens (primary N) is 1. The van der Waals surface area contributed by atoms with Gasteiger partial charge in [0.25, 0.3) is 0 Å². The zero-order valence-corrected chi connectivity index (χ0v) is 13.0. The highest BCUT2D eigenvalue weighted by Gasteiger charge is 2.17. The van der Waals surface area contributed by atoms with Crippen molar-refractivity contribution in [3.8, 4) is 0 Å². The molecule has 4 nitrogen and oxygen atoms in total. The van der Waals surface area contributed by atoms with Crippen molar-refractivity contribution in [3.05, 3.63) is 58.7 Å². The summed E-state index contributed by atoms with van der Waals surface area (Å²) in [7, 11) is 0. The van der Waals surface area contributed by atoms with Crippen LogP contribution in [-0.4, -0.2) is 21.8 Å². The predicted octanol–water partition coefficient (Wildman–Crippen LogP) is 3.47. The standard InChI is InChI=1S/C14H14BrN3OS/c15-11-6-7-13(17-8-11)20-9-12(14(16)18-19)10-4-2-1-3-5-10/h1-8,12,19H,9H2,(H2,16,18). The van der Waals surface area contributed by atoms with Crippen molar-refractivity contribution in [2.45, 2.75) is 10.9 Å². The highest BCUT2D eigenvalue weighted by Crippen LogP contribution is 2.26. The first-order valence-corrected chi connectivity index (χ1v) is 7.75. The third kappa shape index (κ3) is 3.98. The fraction of sp³-hybridized carbons (Fsp3) is 0.143. The molecule has 104 valence electrons. The van der Waals surface area contributed by atoms with Crippen molar-refractivity contribution in [1.29, 1.82) is 0 Å². The zero-order chi connectivity index (χ0) is 14.4. The quantitative estimate of drug-likeness (QED) is 0.284. The molecule has 0 aliphatic carbocycles. The van der Waals surface area contributed by atoms with Crippen LogP contribution in [0.25, 0.3) is 0 Å². The Hall–Kier alpha value is -1.53. The van der Waals surface area contributed by atoms with E-state index in [1.165, 1.54) is 0 Å². The summed E-state index contributed by atoms with van der Waals surface area (Å²) in [6.07, 6.45) is 1.75. The molecule has 1 heterocycles. The molecule has 6 heteroatoms. The molecule has 3 N–H and O–H groups in total. The van der Waals surface area contributed by atoms with Gasteiger partial charge in [-0.2, -0.15) is 0 Å². The normalized spacial score (nSPS) is 13.2. The summed E-state index contributed by atoms with van der Waals surface area (Å²) < 4.78 is 0.942. The van der Waals surface area contributed by atoms with E-state index in [0.29, 0.717) is 5.75 Å². The molecule has 1 aromatic carbocycles. The SMILES string of the molecule is NC(=NO)C(CSc1ccc(Br)cn1)c1ccccc1. The summed E-state index contributed by atoms with van der Waals surface area (Å²) in [5.41, 5.74) is 6.82. The van der Waals surface area contributed by atoms with Gasteiger partial charge in [-0.05, 0) is 33.6 Å². The molecule has 0 aliphatic heterocycles. The molecular formula is C14H14BrN3OS. The summed E-state index contributed by atoms with van der Waals surface area (Å²) in [6, 6.07) is 13.6. The molecule has 0 fully saturated rings. The summed E-state index contributed by atoms with van der Waals surface area (Å²) in [5, 5.41) is 13.0. The molecule has 2 rings (SSSR count). The van der Waals surface area contributed by atoms with Crippen LogP contribution in [0.15, 0.2) is 63.3 Å². The van der Waals surface area contributed by atoms with E-state index in [2.05, 4.69) is 26.1 Å². The Labute approximate surface area is 130 Å². The van der Waals surface area contributed by atoms with Gasteiger partial charge in [-0.3, -0.25) is 0 Å². The minimum atomic E-state index is -0.142. The molecular weight excluding hydrogens is 338 g/mol. The first-order chi connectivity index (χ1) is 9.70. The number of thioether (sulfide) groups is 1. The van der Waals surface area contributed by atoms with Crippen LogP contribution in [0, 0.1) is 0 Å². The van der Waals surface area contributed by atoms with E-state index in [4.69, 9.17) is 10.9 Å². The van der Waals surface area contributed by atoms with Gasteiger partial charge in [0, 0.05) is 16.4 Å². The summed E-state index contributed by atoms with van der Waals surface area (Å²) in [5.74, 6) is 0.728. The van der Waals surface area contributed by atoms with E-state index in [9.17, 15) is 0 Å². The van der Waals surface area contributed by atoms with Crippen LogP contribution >= 0.6 is 27.7 Å². The van der Waals surface area contributed by atoms with E-state index in [0.717, 1.165) is 15.1 Å². The van der Waals surface area contributed by atoms with Crippen LogP contribution < -0.4 is 5.73 Å². The van der Waals surface area contributed by atoms with E-state index < -0.39 is 0 Å². The second kappa shape index (κ2) is 7.31. The Balaban J connectivity index is 2.11. The summed E-state index contributed by atoms with van der Waals surface area (Å²) in [4.78, 5) is 4.30. The Kier molecular flexibility index (Phi) is 5.43. The maximum Gasteiger partial charge on any atom is 0.147 e. The second-order valence-corrected chi connectivity index (χ2v) is 6.07. The van der Waals surface area contributed by atoms with Gasteiger partial charge in [-0.15, -0.1) is 11.8 Å². The van der Waals surface area contributed by atoms with E-state index in [1.807, 2.05) is 42.5 Å². The number of pyridine rings is 1. The Morgan fingerprint density at radius 3 is 2.65 bits per heavy atom. The first kappa shape index (κ1) is 14.9. The average molecular weight is 352 g/mol. The van der Waals surface area contributed by atoms with Gasteiger partial charge in [-0.25, -0.2) is 4.98 Å². The van der Waals surface area contributed by atoms with Gasteiger partial charge < -0.3 is 10.9 Å². The van der Waals surface area contributed by atoms with Crippen LogP contribution in [0.2, 0.25) is 0 Å². The molecule has 0 aliphatic rings. The highest BCUT2D eigenvalue weighted by atomic mass is 79.9. The van der Waals surface area contributed by atoms with Gasteiger partial charge in [0.2, 0.25) is 0 Å². The van der Waals surface area contributed by atoms with Crippen molar-refractivity contribution in [1.82, 2.24) is 4.98 Å². The van der Waals surface area contributed by atoms with Gasteiger partial charge in [0.15, 0.2) is 0 Å². The number of oxime groups is 1. The lowest BCUT2D eigenvalue weighted by Crippen LogP contribution is -2.23. The Bertz CT molecular complexity index is 575. The Morgan fingerprint density at radius 1 is 1.30 bits per heavy atom. The van der Waals surface area contributed by atoms with Crippen LogP contribution in [0.3, 0.4) is 0 Å². The van der Waals surface area contributed by atoms with Gasteiger partial charge in [0.1, 0.15) is 5.84 Å². The van der Waals surface area contributed by atoms with Crippen molar-refractivity contribution < 1.29 is 5.21 Å². The second-order valence-electron chi connectivity index (χ2n) is 4.11. The van der Waals surface area contributed by atoms with Gasteiger partial charge in [0.05, 0.1) is 10.9 Å². The number of hydrogen-bond acceptors (Lipinski definition) is 4. The molecule has 2 aromatic rings. The highest BCUT2D eigenvalue weighted by molar-refractivity contribution is 9.10. The smallest absolute Gasteiger partial charge is 0.147 e. The lowest BCUT2D eigenvalue weighted by molar-refractivity contribution is 0.316. The van der Waals surface area contributed by atoms with Crippen LogP contribution in [-0.2, 0) is 0 Å². The average Bonchev–Trinajstić information content (AvgIpc) is 2.50. The molecule has 1 aromatic heterocycles. The van der Waals surface area contributed by atoms with E-state index >= 15 is 0 Å². The maximum absolute atomic E-state index is 8.93. The molecule has 1 unspecified atom stereocenters. The largest absolute Gasteiger partial charge is 0.409 e. The fourth-order valence-corrected chi connectivity index (χ4v) is 2.95. The van der Waals surface area contributed by atoms with Crippen molar-refractivity contribution >= 4 is 33.5 Å². The molecule has 20 heavy (non-hydrogen) atoms. The van der Waals surface area contributed by atoms with Crippen molar-refractivity contribution in [3.63, 3.8) is 0 Å². The predicted molar refractivity (Wildman–Crippen MR) is 85.3 cm³/mol. The zero-order valence-electron chi connectivity index (χ0n) is 10.6. The van der Waals surface area contributed by atoms with Crippen molar-refractivity contribution in [2.24, 2.45) is 10.9 Å². The van der Waals surface area contributed by atoms with Gasteiger partial charge >= 0.3 is 0 Å². The lowest BCUT2D eigenvalue weighted by atomic mass is 10.0. The van der Waals surface area contributed by atoms with Crippen LogP contribution in [0.4, 0.5) is 0 Å². The number of nitrogens with zero attached hydrogens (tertiary/aromatic N) is 2. The topological polar surface area (TPSA) is 71.5 Å². The Morgan fingerprint density at radius 2 is 2.05 bits per heavy atom. The number of hydrogen-bond donors (Lipinski definition) is 2. The fourth-order valence-electron chi connectivity index (χ4n) is 1.72. The third-order valence-corrected chi connectivity index (χ3v) is 4.28. The maximum atomic E-state index is 8.93. The molecule has 0 spiro atoms. The molecule has 1 atom stereocenters. The van der Waals surface area contributed by atoms with Crippen molar-refractivity contribution in [2.75, 3.05) is 5.75 Å². The minimum absolute atomic E-state index is 0.142. The summed E-state index contributed by atoms with van der Waals surface area (Å²) >= 11 is 4.92. The first-order valence-electron chi connectivity index (χ1n) is 5.97. The van der Waals surface area contributed by atoms with Gasteiger partial charge in [-0.1, -0.05) is 35.5 Å². The van der Waals surface area contributed by atoms with Crippen LogP contribution in [0.1, 0.15) is 11.5 Å². The molecule has 0 saturated heterocycles. The number of amidine groups is 1. The number of halogens is 1. The monoisotopic (exact) mass is 351 g/mol. The number of rotatable bonds is 5. The van der Waals surface area contributed by atoms with E-state index in [1.54, 1.807) is 18.0 Å². The number of aromatic nitrogens is 1. The van der Waals surface area contributed by atoms with Crippen LogP contribution in [0.5, 0.6) is 0 Å².